The lowest BCUT2D eigenvalue weighted by molar-refractivity contribution is 0.0696. The highest BCUT2D eigenvalue weighted by Crippen LogP contribution is 2.25. The molecule has 0 aliphatic carbocycles. The Kier molecular flexibility index (Phi) is 3.30. The van der Waals surface area contributed by atoms with Gasteiger partial charge in [0.25, 0.3) is 0 Å². The summed E-state index contributed by atoms with van der Waals surface area (Å²) >= 11 is 1.56. The first kappa shape index (κ1) is 12.6. The average Bonchev–Trinajstić information content (AvgIpc) is 2.88. The number of para-hydroxylation sites is 1. The largest absolute Gasteiger partial charge is 0.478 e. The molecule has 0 bridgehead atoms. The van der Waals surface area contributed by atoms with Crippen LogP contribution in [0.5, 0.6) is 0 Å². The average molecular weight is 285 g/mol. The summed E-state index contributed by atoms with van der Waals surface area (Å²) in [7, 11) is 0. The summed E-state index contributed by atoms with van der Waals surface area (Å²) in [4.78, 5) is 19.5. The zero-order valence-corrected chi connectivity index (χ0v) is 11.2. The predicted octanol–water partition coefficient (Wildman–Crippen LogP) is 3.00. The van der Waals surface area contributed by atoms with E-state index >= 15 is 0 Å². The molecule has 0 saturated heterocycles. The molecule has 2 aromatic heterocycles. The number of aromatic carboxylic acids is 1. The third kappa shape index (κ3) is 2.60. The van der Waals surface area contributed by atoms with Gasteiger partial charge in [-0.2, -0.15) is 0 Å². The highest BCUT2D eigenvalue weighted by molar-refractivity contribution is 7.22. The molecule has 2 heterocycles. The van der Waals surface area contributed by atoms with Crippen LogP contribution >= 0.6 is 11.3 Å². The second-order valence-electron chi connectivity index (χ2n) is 4.18. The molecule has 0 amide bonds. The molecular formula is C14H11N3O2S. The van der Waals surface area contributed by atoms with Crippen LogP contribution < -0.4 is 5.32 Å². The summed E-state index contributed by atoms with van der Waals surface area (Å²) < 4.78 is 1.11. The maximum Gasteiger partial charge on any atom is 0.335 e. The van der Waals surface area contributed by atoms with Gasteiger partial charge in [-0.15, -0.1) is 0 Å². The van der Waals surface area contributed by atoms with Crippen LogP contribution in [-0.4, -0.2) is 21.0 Å². The second kappa shape index (κ2) is 5.26. The standard InChI is InChI=1S/C14H11N3O2S/c18-13(19)9-5-6-15-10(7-9)8-16-14-17-11-3-1-2-4-12(11)20-14/h1-7H,8H2,(H,16,17)(H,18,19). The zero-order valence-electron chi connectivity index (χ0n) is 10.4. The van der Waals surface area contributed by atoms with Crippen LogP contribution in [0, 0.1) is 0 Å². The van der Waals surface area contributed by atoms with Crippen LogP contribution in [0.2, 0.25) is 0 Å². The first-order chi connectivity index (χ1) is 9.72. The Balaban J connectivity index is 1.75. The number of rotatable bonds is 4. The van der Waals surface area contributed by atoms with Gasteiger partial charge >= 0.3 is 5.97 Å². The van der Waals surface area contributed by atoms with Crippen molar-refractivity contribution in [3.63, 3.8) is 0 Å². The van der Waals surface area contributed by atoms with E-state index in [2.05, 4.69) is 15.3 Å². The van der Waals surface area contributed by atoms with E-state index in [4.69, 9.17) is 5.11 Å². The smallest absolute Gasteiger partial charge is 0.335 e. The minimum atomic E-state index is -0.950. The lowest BCUT2D eigenvalue weighted by atomic mass is 10.2. The molecule has 3 aromatic rings. The fourth-order valence-corrected chi connectivity index (χ4v) is 2.68. The van der Waals surface area contributed by atoms with E-state index in [9.17, 15) is 4.79 Å². The fraction of sp³-hybridized carbons (Fsp3) is 0.0714. The Labute approximate surface area is 118 Å². The molecule has 100 valence electrons. The van der Waals surface area contributed by atoms with Crippen molar-refractivity contribution in [3.8, 4) is 0 Å². The maximum absolute atomic E-state index is 10.9. The van der Waals surface area contributed by atoms with Crippen molar-refractivity contribution in [1.29, 1.82) is 0 Å². The first-order valence-electron chi connectivity index (χ1n) is 6.00. The van der Waals surface area contributed by atoms with Gasteiger partial charge < -0.3 is 10.4 Å². The molecule has 6 heteroatoms. The second-order valence-corrected chi connectivity index (χ2v) is 5.21. The lowest BCUT2D eigenvalue weighted by Gasteiger charge is -2.02. The Morgan fingerprint density at radius 3 is 2.95 bits per heavy atom. The maximum atomic E-state index is 10.9. The van der Waals surface area contributed by atoms with E-state index in [1.807, 2.05) is 24.3 Å². The molecule has 0 saturated carbocycles. The van der Waals surface area contributed by atoms with Gasteiger partial charge in [-0.3, -0.25) is 4.98 Å². The number of carboxylic acid groups (broad SMARTS) is 1. The molecule has 3 rings (SSSR count). The van der Waals surface area contributed by atoms with Gasteiger partial charge in [0.1, 0.15) is 0 Å². The third-order valence-electron chi connectivity index (χ3n) is 2.78. The monoisotopic (exact) mass is 285 g/mol. The molecule has 0 atom stereocenters. The molecule has 0 radical (unpaired) electrons. The summed E-state index contributed by atoms with van der Waals surface area (Å²) in [5, 5.41) is 12.9. The Morgan fingerprint density at radius 1 is 1.30 bits per heavy atom. The number of nitrogens with one attached hydrogen (secondary N) is 1. The predicted molar refractivity (Wildman–Crippen MR) is 78.1 cm³/mol. The zero-order chi connectivity index (χ0) is 13.9. The Hall–Kier alpha value is -2.47. The molecule has 2 N–H and O–H groups in total. The van der Waals surface area contributed by atoms with E-state index in [0.717, 1.165) is 15.3 Å². The van der Waals surface area contributed by atoms with Crippen LogP contribution in [0.4, 0.5) is 5.13 Å². The van der Waals surface area contributed by atoms with Crippen LogP contribution in [0.15, 0.2) is 42.6 Å². The number of carbonyl (C=O) groups is 1. The number of thiazole rings is 1. The van der Waals surface area contributed by atoms with Gasteiger partial charge in [-0.05, 0) is 24.3 Å². The highest BCUT2D eigenvalue weighted by atomic mass is 32.1. The van der Waals surface area contributed by atoms with Gasteiger partial charge in [-0.1, -0.05) is 23.5 Å². The molecule has 0 aliphatic heterocycles. The van der Waals surface area contributed by atoms with Crippen LogP contribution in [0.1, 0.15) is 16.1 Å². The molecule has 0 aliphatic rings. The number of fused-ring (bicyclic) bond motifs is 1. The number of anilines is 1. The minimum absolute atomic E-state index is 0.237. The van der Waals surface area contributed by atoms with E-state index in [1.165, 1.54) is 12.3 Å². The van der Waals surface area contributed by atoms with Gasteiger partial charge in [0, 0.05) is 6.20 Å². The normalized spacial score (nSPS) is 10.6. The van der Waals surface area contributed by atoms with E-state index in [-0.39, 0.29) is 5.56 Å². The Bertz CT molecular complexity index is 737. The topological polar surface area (TPSA) is 75.1 Å². The summed E-state index contributed by atoms with van der Waals surface area (Å²) in [6.07, 6.45) is 1.50. The number of aromatic nitrogens is 2. The summed E-state index contributed by atoms with van der Waals surface area (Å²) in [6.45, 7) is 0.445. The lowest BCUT2D eigenvalue weighted by Crippen LogP contribution is -2.04. The number of nitrogens with zero attached hydrogens (tertiary/aromatic N) is 2. The molecule has 0 unspecified atom stereocenters. The van der Waals surface area contributed by atoms with E-state index in [1.54, 1.807) is 17.4 Å². The minimum Gasteiger partial charge on any atom is -0.478 e. The van der Waals surface area contributed by atoms with Crippen molar-refractivity contribution < 1.29 is 9.90 Å². The number of hydrogen-bond donors (Lipinski definition) is 2. The summed E-state index contributed by atoms with van der Waals surface area (Å²) in [6, 6.07) is 10.9. The summed E-state index contributed by atoms with van der Waals surface area (Å²) in [5.74, 6) is -0.950. The molecule has 20 heavy (non-hydrogen) atoms. The van der Waals surface area contributed by atoms with Gasteiger partial charge in [-0.25, -0.2) is 9.78 Å². The van der Waals surface area contributed by atoms with Crippen molar-refractivity contribution in [3.05, 3.63) is 53.9 Å². The first-order valence-corrected chi connectivity index (χ1v) is 6.82. The highest BCUT2D eigenvalue weighted by Gasteiger charge is 2.06. The molecule has 0 fully saturated rings. The number of pyridine rings is 1. The van der Waals surface area contributed by atoms with Gasteiger partial charge in [0.05, 0.1) is 28.0 Å². The number of hydrogen-bond acceptors (Lipinski definition) is 5. The van der Waals surface area contributed by atoms with Crippen LogP contribution in [0.25, 0.3) is 10.2 Å². The Morgan fingerprint density at radius 2 is 2.15 bits per heavy atom. The van der Waals surface area contributed by atoms with Crippen molar-refractivity contribution in [1.82, 2.24) is 9.97 Å². The number of carboxylic acids is 1. The van der Waals surface area contributed by atoms with Crippen LogP contribution in [-0.2, 0) is 6.54 Å². The fourth-order valence-electron chi connectivity index (χ4n) is 1.82. The van der Waals surface area contributed by atoms with Gasteiger partial charge in [0.2, 0.25) is 0 Å². The van der Waals surface area contributed by atoms with Crippen molar-refractivity contribution in [2.45, 2.75) is 6.54 Å². The molecule has 1 aromatic carbocycles. The SMILES string of the molecule is O=C(O)c1ccnc(CNc2nc3ccccc3s2)c1. The van der Waals surface area contributed by atoms with Gasteiger partial charge in [0.15, 0.2) is 5.13 Å². The van der Waals surface area contributed by atoms with Crippen molar-refractivity contribution in [2.24, 2.45) is 0 Å². The summed E-state index contributed by atoms with van der Waals surface area (Å²) in [5.41, 5.74) is 1.86. The van der Waals surface area contributed by atoms with Crippen molar-refractivity contribution >= 4 is 32.7 Å². The third-order valence-corrected chi connectivity index (χ3v) is 3.77. The quantitative estimate of drug-likeness (QED) is 0.770. The van der Waals surface area contributed by atoms with Crippen LogP contribution in [0.3, 0.4) is 0 Å². The van der Waals surface area contributed by atoms with Crippen molar-refractivity contribution in [2.75, 3.05) is 5.32 Å². The molecule has 0 spiro atoms. The number of benzene rings is 1. The van der Waals surface area contributed by atoms with E-state index in [0.29, 0.717) is 12.2 Å². The molecular weight excluding hydrogens is 274 g/mol. The molecule has 5 nitrogen and oxygen atoms in total. The van der Waals surface area contributed by atoms with E-state index < -0.39 is 5.97 Å².